The lowest BCUT2D eigenvalue weighted by Crippen LogP contribution is -2.46. The summed E-state index contributed by atoms with van der Waals surface area (Å²) in [5.41, 5.74) is 1.85. The van der Waals surface area contributed by atoms with Gasteiger partial charge in [0.05, 0.1) is 12.1 Å². The van der Waals surface area contributed by atoms with Gasteiger partial charge >= 0.3 is 12.2 Å². The Balaban J connectivity index is 1.37. The Morgan fingerprint density at radius 1 is 0.784 bits per heavy atom. The Labute approximate surface area is 304 Å². The molecular formula is C42H55N3O6. The number of nitrogens with zero attached hydrogens (tertiary/aromatic N) is 3. The van der Waals surface area contributed by atoms with Gasteiger partial charge in [0, 0.05) is 44.2 Å². The van der Waals surface area contributed by atoms with Crippen LogP contribution < -0.4 is 0 Å². The summed E-state index contributed by atoms with van der Waals surface area (Å²) in [4.78, 5) is 57.7. The molecule has 274 valence electrons. The molecule has 4 atom stereocenters. The zero-order valence-electron chi connectivity index (χ0n) is 31.4. The molecule has 4 unspecified atom stereocenters. The zero-order valence-corrected chi connectivity index (χ0v) is 31.4. The first-order valence-corrected chi connectivity index (χ1v) is 18.2. The Morgan fingerprint density at radius 3 is 1.80 bits per heavy atom. The number of benzene rings is 2. The van der Waals surface area contributed by atoms with Crippen molar-refractivity contribution in [2.45, 2.75) is 104 Å². The maximum Gasteiger partial charge on any atom is 0.410 e. The molecule has 2 aromatic rings. The summed E-state index contributed by atoms with van der Waals surface area (Å²) in [6.07, 6.45) is 11.4. The van der Waals surface area contributed by atoms with Crippen molar-refractivity contribution >= 4 is 23.8 Å². The summed E-state index contributed by atoms with van der Waals surface area (Å²) in [5, 5.41) is 0. The van der Waals surface area contributed by atoms with Gasteiger partial charge in [-0.1, -0.05) is 54.6 Å². The van der Waals surface area contributed by atoms with Crippen molar-refractivity contribution in [3.63, 3.8) is 0 Å². The van der Waals surface area contributed by atoms with Crippen molar-refractivity contribution in [3.05, 3.63) is 83.6 Å². The van der Waals surface area contributed by atoms with E-state index in [1.165, 1.54) is 0 Å². The maximum atomic E-state index is 13.4. The van der Waals surface area contributed by atoms with Crippen LogP contribution in [0.5, 0.6) is 0 Å². The lowest BCUT2D eigenvalue weighted by molar-refractivity contribution is -0.120. The molecule has 9 heteroatoms. The highest BCUT2D eigenvalue weighted by molar-refractivity contribution is 5.97. The average Bonchev–Trinajstić information content (AvgIpc) is 3.10. The van der Waals surface area contributed by atoms with E-state index in [-0.39, 0.29) is 36.1 Å². The van der Waals surface area contributed by atoms with Crippen LogP contribution in [-0.4, -0.2) is 75.8 Å². The van der Waals surface area contributed by atoms with E-state index in [0.29, 0.717) is 38.8 Å². The predicted octanol–water partition coefficient (Wildman–Crippen LogP) is 7.91. The van der Waals surface area contributed by atoms with Crippen LogP contribution in [0.15, 0.2) is 66.9 Å². The fraction of sp³-hybridized carbons (Fsp3) is 0.524. The third-order valence-electron chi connectivity index (χ3n) is 9.43. The van der Waals surface area contributed by atoms with E-state index < -0.39 is 29.3 Å². The van der Waals surface area contributed by atoms with E-state index >= 15 is 0 Å². The molecule has 51 heavy (non-hydrogen) atoms. The topological polar surface area (TPSA) is 96.5 Å². The second-order valence-electron chi connectivity index (χ2n) is 15.6. The van der Waals surface area contributed by atoms with Crippen LogP contribution in [0.3, 0.4) is 0 Å². The molecule has 0 aliphatic carbocycles. The molecule has 0 bridgehead atoms. The van der Waals surface area contributed by atoms with Gasteiger partial charge in [0.15, 0.2) is 5.78 Å². The zero-order chi connectivity index (χ0) is 37.3. The molecule has 2 amide bonds. The number of piperidine rings is 2. The number of ketones is 2. The molecule has 0 spiro atoms. The molecule has 2 heterocycles. The molecule has 0 aromatic heterocycles. The van der Waals surface area contributed by atoms with Crippen molar-refractivity contribution in [2.75, 3.05) is 26.2 Å². The minimum absolute atomic E-state index is 0.00563. The fourth-order valence-electron chi connectivity index (χ4n) is 6.75. The minimum atomic E-state index is -0.666. The van der Waals surface area contributed by atoms with E-state index in [4.69, 9.17) is 15.9 Å². The van der Waals surface area contributed by atoms with E-state index in [1.807, 2.05) is 90.2 Å². The number of hydrogen-bond acceptors (Lipinski definition) is 7. The first-order chi connectivity index (χ1) is 24.1. The van der Waals surface area contributed by atoms with Gasteiger partial charge in [0.25, 0.3) is 0 Å². The van der Waals surface area contributed by atoms with Gasteiger partial charge in [0.2, 0.25) is 5.78 Å². The SMILES string of the molecule is C#CC(=O)C1CCC(c2ccc(CCN(/C=C/C(=O)C3CCC(c4ccccc4)N(C(=O)OC(C)(C)C)C3)CC)cc2)N(C(=O)OC(C)(C)C)C1. The standard InChI is InChI=1S/C42H55N3O6/c1-9-37(46)33-20-22-36(44(28-33)39(48)50-41(3,4)5)32-18-16-30(17-19-32)24-26-43(10-2)27-25-38(47)34-21-23-35(31-14-12-11-13-15-31)45(29-34)40(49)51-42(6,7)8/h1,11-19,25,27,33-36H,10,20-24,26,28-29H2,2-8H3/b27-25+. The fourth-order valence-corrected chi connectivity index (χ4v) is 6.75. The predicted molar refractivity (Wildman–Crippen MR) is 199 cm³/mol. The number of carbonyl (C=O) groups is 4. The summed E-state index contributed by atoms with van der Waals surface area (Å²) >= 11 is 0. The minimum Gasteiger partial charge on any atom is -0.444 e. The van der Waals surface area contributed by atoms with Crippen LogP contribution in [-0.2, 0) is 25.5 Å². The monoisotopic (exact) mass is 697 g/mol. The Morgan fingerprint density at radius 2 is 1.29 bits per heavy atom. The first kappa shape index (κ1) is 39.2. The first-order valence-electron chi connectivity index (χ1n) is 18.2. The van der Waals surface area contributed by atoms with E-state index in [0.717, 1.165) is 29.7 Å². The second kappa shape index (κ2) is 17.1. The van der Waals surface area contributed by atoms with Crippen LogP contribution in [0.25, 0.3) is 0 Å². The third kappa shape index (κ3) is 11.2. The van der Waals surface area contributed by atoms with Gasteiger partial charge in [0.1, 0.15) is 11.2 Å². The Hall–Kier alpha value is -4.58. The van der Waals surface area contributed by atoms with Crippen molar-refractivity contribution in [1.82, 2.24) is 14.7 Å². The highest BCUT2D eigenvalue weighted by Gasteiger charge is 2.38. The number of amides is 2. The third-order valence-corrected chi connectivity index (χ3v) is 9.43. The van der Waals surface area contributed by atoms with Gasteiger partial charge in [-0.2, -0.15) is 0 Å². The van der Waals surface area contributed by atoms with Gasteiger partial charge < -0.3 is 24.2 Å². The van der Waals surface area contributed by atoms with Gasteiger partial charge in [-0.25, -0.2) is 9.59 Å². The van der Waals surface area contributed by atoms with E-state index in [1.54, 1.807) is 15.9 Å². The quantitative estimate of drug-likeness (QED) is 0.141. The largest absolute Gasteiger partial charge is 0.444 e. The molecule has 2 saturated heterocycles. The molecule has 0 radical (unpaired) electrons. The molecule has 2 aromatic carbocycles. The number of rotatable bonds is 10. The van der Waals surface area contributed by atoms with E-state index in [2.05, 4.69) is 29.9 Å². The highest BCUT2D eigenvalue weighted by atomic mass is 16.6. The van der Waals surface area contributed by atoms with Crippen LogP contribution in [0.1, 0.15) is 103 Å². The van der Waals surface area contributed by atoms with Gasteiger partial charge in [-0.05, 0) is 109 Å². The molecule has 0 N–H and O–H groups in total. The number of terminal acetylenes is 1. The molecule has 2 aliphatic heterocycles. The van der Waals surface area contributed by atoms with Crippen molar-refractivity contribution in [2.24, 2.45) is 11.8 Å². The van der Waals surface area contributed by atoms with Gasteiger partial charge in [-0.3, -0.25) is 9.59 Å². The van der Waals surface area contributed by atoms with Crippen molar-refractivity contribution in [3.8, 4) is 12.3 Å². The summed E-state index contributed by atoms with van der Waals surface area (Å²) in [6.45, 7) is 15.1. The lowest BCUT2D eigenvalue weighted by atomic mass is 9.86. The molecule has 0 saturated carbocycles. The molecule has 2 aliphatic rings. The van der Waals surface area contributed by atoms with Crippen LogP contribution in [0, 0.1) is 24.2 Å². The summed E-state index contributed by atoms with van der Waals surface area (Å²) in [6, 6.07) is 17.8. The normalized spacial score (nSPS) is 21.1. The van der Waals surface area contributed by atoms with Gasteiger partial charge in [-0.15, -0.1) is 6.42 Å². The summed E-state index contributed by atoms with van der Waals surface area (Å²) < 4.78 is 11.4. The number of likely N-dealkylation sites (tertiary alicyclic amines) is 2. The van der Waals surface area contributed by atoms with Crippen molar-refractivity contribution in [1.29, 1.82) is 0 Å². The Bertz CT molecular complexity index is 1580. The smallest absolute Gasteiger partial charge is 0.410 e. The number of likely N-dealkylation sites (N-methyl/N-ethyl adjacent to an activating group) is 1. The molecule has 9 nitrogen and oxygen atoms in total. The average molecular weight is 698 g/mol. The maximum absolute atomic E-state index is 13.4. The van der Waals surface area contributed by atoms with Crippen LogP contribution in [0.4, 0.5) is 9.59 Å². The Kier molecular flexibility index (Phi) is 13.1. The number of carbonyl (C=O) groups excluding carboxylic acids is 4. The van der Waals surface area contributed by atoms with Crippen LogP contribution >= 0.6 is 0 Å². The second-order valence-corrected chi connectivity index (χ2v) is 15.6. The summed E-state index contributed by atoms with van der Waals surface area (Å²) in [7, 11) is 0. The molecule has 2 fully saturated rings. The number of allylic oxidation sites excluding steroid dienone is 1. The highest BCUT2D eigenvalue weighted by Crippen LogP contribution is 2.36. The van der Waals surface area contributed by atoms with Crippen molar-refractivity contribution < 1.29 is 28.7 Å². The lowest BCUT2D eigenvalue weighted by Gasteiger charge is -2.39. The van der Waals surface area contributed by atoms with E-state index in [9.17, 15) is 19.2 Å². The molecular weight excluding hydrogens is 642 g/mol. The summed E-state index contributed by atoms with van der Waals surface area (Å²) in [5.74, 6) is 1.24. The number of hydrogen-bond donors (Lipinski definition) is 0. The van der Waals surface area contributed by atoms with Crippen LogP contribution in [0.2, 0.25) is 0 Å². The number of Topliss-reactive ketones (excluding diaryl/α,β-unsaturated/α-hetero) is 1. The molecule has 4 rings (SSSR count). The number of ether oxygens (including phenoxy) is 2.